The number of hydrogen-bond donors (Lipinski definition) is 3. The molecule has 0 fully saturated rings. The van der Waals surface area contributed by atoms with Crippen LogP contribution < -0.4 is 0 Å². The minimum absolute atomic E-state index is 0.0339. The summed E-state index contributed by atoms with van der Waals surface area (Å²) in [4.78, 5) is 23.9. The lowest BCUT2D eigenvalue weighted by Gasteiger charge is -2.10. The summed E-state index contributed by atoms with van der Waals surface area (Å²) in [7, 11) is -4.72. The van der Waals surface area contributed by atoms with Gasteiger partial charge in [0.05, 0.1) is 82.1 Å². The van der Waals surface area contributed by atoms with Gasteiger partial charge in [0.2, 0.25) is 0 Å². The second-order valence-electron chi connectivity index (χ2n) is 6.39. The zero-order valence-corrected chi connectivity index (χ0v) is 19.4. The van der Waals surface area contributed by atoms with Gasteiger partial charge in [-0.25, -0.2) is 9.59 Å². The molecule has 34 heavy (non-hydrogen) atoms. The van der Waals surface area contributed by atoms with Crippen LogP contribution in [0.2, 0.25) is 0 Å². The first-order chi connectivity index (χ1) is 16.3. The molecule has 0 bridgehead atoms. The summed E-state index contributed by atoms with van der Waals surface area (Å²) in [5, 5.41) is 17.2. The van der Waals surface area contributed by atoms with E-state index in [2.05, 4.69) is 0 Å². The molecule has 0 aromatic heterocycles. The molecule has 1 rings (SSSR count). The van der Waals surface area contributed by atoms with Crippen LogP contribution in [0.5, 0.6) is 0 Å². The molecule has 0 radical (unpaired) electrons. The van der Waals surface area contributed by atoms with Crippen LogP contribution in [0.3, 0.4) is 0 Å². The Labute approximate surface area is 197 Å². The Kier molecular flexibility index (Phi) is 15.2. The topological polar surface area (TPSA) is 184 Å². The van der Waals surface area contributed by atoms with Gasteiger partial charge in [0.15, 0.2) is 0 Å². The van der Waals surface area contributed by atoms with Gasteiger partial charge in [-0.05, 0) is 18.2 Å². The predicted molar refractivity (Wildman–Crippen MR) is 114 cm³/mol. The van der Waals surface area contributed by atoms with Crippen LogP contribution in [-0.4, -0.2) is 114 Å². The van der Waals surface area contributed by atoms with Crippen molar-refractivity contribution in [2.24, 2.45) is 0 Å². The highest BCUT2D eigenvalue weighted by molar-refractivity contribution is 7.85. The Morgan fingerprint density at radius 1 is 0.618 bits per heavy atom. The van der Waals surface area contributed by atoms with Gasteiger partial charge in [-0.15, -0.1) is 0 Å². The largest absolute Gasteiger partial charge is 0.460 e. The maximum Gasteiger partial charge on any atom is 0.338 e. The summed E-state index contributed by atoms with van der Waals surface area (Å²) < 4.78 is 62.8. The van der Waals surface area contributed by atoms with Gasteiger partial charge < -0.3 is 38.6 Å². The summed E-state index contributed by atoms with van der Waals surface area (Å²) in [5.41, 5.74) is -0.573. The maximum absolute atomic E-state index is 12.3. The zero-order valence-electron chi connectivity index (χ0n) is 18.5. The first-order valence-electron chi connectivity index (χ1n) is 10.3. The number of carbonyl (C=O) groups is 2. The average molecular weight is 511 g/mol. The molecule has 0 unspecified atom stereocenters. The maximum atomic E-state index is 12.3. The van der Waals surface area contributed by atoms with Crippen molar-refractivity contribution in [2.75, 3.05) is 79.3 Å². The molecule has 0 aliphatic heterocycles. The van der Waals surface area contributed by atoms with E-state index in [1.54, 1.807) is 0 Å². The fourth-order valence-corrected chi connectivity index (χ4v) is 2.86. The SMILES string of the molecule is O=C(OCCOCCOCCO)c1cc(C(=O)OCCOCCOCCO)cc(S(=O)(=O)O)c1. The highest BCUT2D eigenvalue weighted by atomic mass is 32.2. The van der Waals surface area contributed by atoms with E-state index < -0.39 is 27.0 Å². The Hall–Kier alpha value is -2.17. The van der Waals surface area contributed by atoms with Crippen molar-refractivity contribution < 1.29 is 61.2 Å². The Morgan fingerprint density at radius 2 is 0.971 bits per heavy atom. The lowest BCUT2D eigenvalue weighted by atomic mass is 10.1. The van der Waals surface area contributed by atoms with E-state index >= 15 is 0 Å². The molecule has 1 aromatic rings. The fraction of sp³-hybridized carbons (Fsp3) is 0.600. The summed E-state index contributed by atoms with van der Waals surface area (Å²) in [6, 6.07) is 2.81. The van der Waals surface area contributed by atoms with Crippen LogP contribution in [0.15, 0.2) is 23.1 Å². The number of aliphatic hydroxyl groups excluding tert-OH is 2. The first kappa shape index (κ1) is 29.9. The molecule has 194 valence electrons. The van der Waals surface area contributed by atoms with Crippen molar-refractivity contribution in [3.8, 4) is 0 Å². The van der Waals surface area contributed by atoms with E-state index in [9.17, 15) is 22.6 Å². The molecule has 1 aromatic carbocycles. The fourth-order valence-electron chi connectivity index (χ4n) is 2.31. The smallest absolute Gasteiger partial charge is 0.338 e. The van der Waals surface area contributed by atoms with E-state index in [4.69, 9.17) is 38.6 Å². The second kappa shape index (κ2) is 17.3. The minimum atomic E-state index is -4.72. The zero-order chi connectivity index (χ0) is 25.2. The van der Waals surface area contributed by atoms with Crippen molar-refractivity contribution in [2.45, 2.75) is 4.90 Å². The third-order valence-corrected chi connectivity index (χ3v) is 4.64. The number of carbonyl (C=O) groups excluding carboxylic acids is 2. The minimum Gasteiger partial charge on any atom is -0.460 e. The van der Waals surface area contributed by atoms with Gasteiger partial charge >= 0.3 is 11.9 Å². The van der Waals surface area contributed by atoms with Gasteiger partial charge in [-0.2, -0.15) is 8.42 Å². The number of aliphatic hydroxyl groups is 2. The summed E-state index contributed by atoms with van der Waals surface area (Å²) in [5.74, 6) is -1.88. The highest BCUT2D eigenvalue weighted by Gasteiger charge is 2.20. The lowest BCUT2D eigenvalue weighted by Crippen LogP contribution is -2.16. The molecule has 0 spiro atoms. The van der Waals surface area contributed by atoms with Crippen molar-refractivity contribution in [1.82, 2.24) is 0 Å². The van der Waals surface area contributed by atoms with Gasteiger partial charge in [-0.3, -0.25) is 4.55 Å². The molecule has 0 heterocycles. The predicted octanol–water partition coefficient (Wildman–Crippen LogP) is -0.702. The van der Waals surface area contributed by atoms with Crippen LogP contribution >= 0.6 is 0 Å². The van der Waals surface area contributed by atoms with E-state index in [1.807, 2.05) is 0 Å². The molecular formula is C20H30O13S. The third kappa shape index (κ3) is 12.9. The molecule has 0 aliphatic carbocycles. The van der Waals surface area contributed by atoms with E-state index in [-0.39, 0.29) is 90.4 Å². The monoisotopic (exact) mass is 510 g/mol. The first-order valence-corrected chi connectivity index (χ1v) is 11.7. The molecule has 0 saturated heterocycles. The van der Waals surface area contributed by atoms with Crippen LogP contribution in [0.4, 0.5) is 0 Å². The van der Waals surface area contributed by atoms with Gasteiger partial charge in [0.1, 0.15) is 13.2 Å². The summed E-state index contributed by atoms with van der Waals surface area (Å²) >= 11 is 0. The van der Waals surface area contributed by atoms with Crippen molar-refractivity contribution in [1.29, 1.82) is 0 Å². The summed E-state index contributed by atoms with van der Waals surface area (Å²) in [6.45, 7) is 0.825. The van der Waals surface area contributed by atoms with Crippen LogP contribution in [0.1, 0.15) is 20.7 Å². The number of hydrogen-bond acceptors (Lipinski definition) is 12. The van der Waals surface area contributed by atoms with E-state index in [0.29, 0.717) is 0 Å². The standard InChI is InChI=1S/C20H30O13S/c21-1-3-28-5-7-30-9-11-32-19(23)16-13-17(15-18(14-16)34(25,26)27)20(24)33-12-10-31-8-6-29-4-2-22/h13-15,21-22H,1-12H2,(H,25,26,27). The van der Waals surface area contributed by atoms with Crippen LogP contribution in [0, 0.1) is 0 Å². The highest BCUT2D eigenvalue weighted by Crippen LogP contribution is 2.17. The Balaban J connectivity index is 2.59. The average Bonchev–Trinajstić information content (AvgIpc) is 2.81. The molecule has 0 atom stereocenters. The molecule has 3 N–H and O–H groups in total. The molecule has 0 aliphatic rings. The van der Waals surface area contributed by atoms with Crippen molar-refractivity contribution >= 4 is 22.1 Å². The quantitative estimate of drug-likeness (QED) is 0.121. The number of benzene rings is 1. The lowest BCUT2D eigenvalue weighted by molar-refractivity contribution is 0.00894. The molecule has 0 amide bonds. The van der Waals surface area contributed by atoms with Crippen molar-refractivity contribution in [3.63, 3.8) is 0 Å². The van der Waals surface area contributed by atoms with Crippen molar-refractivity contribution in [3.05, 3.63) is 29.3 Å². The normalized spacial score (nSPS) is 11.4. The number of esters is 2. The molecular weight excluding hydrogens is 480 g/mol. The Morgan fingerprint density at radius 3 is 1.32 bits per heavy atom. The molecule has 0 saturated carbocycles. The van der Waals surface area contributed by atoms with Gasteiger partial charge in [0, 0.05) is 0 Å². The van der Waals surface area contributed by atoms with Crippen LogP contribution in [0.25, 0.3) is 0 Å². The Bertz CT molecular complexity index is 791. The summed E-state index contributed by atoms with van der Waals surface area (Å²) in [6.07, 6.45) is 0. The van der Waals surface area contributed by atoms with Gasteiger partial charge in [-0.1, -0.05) is 0 Å². The van der Waals surface area contributed by atoms with Crippen LogP contribution in [-0.2, 0) is 38.5 Å². The van der Waals surface area contributed by atoms with E-state index in [0.717, 1.165) is 18.2 Å². The number of rotatable bonds is 19. The molecule has 13 nitrogen and oxygen atoms in total. The third-order valence-electron chi connectivity index (χ3n) is 3.81. The van der Waals surface area contributed by atoms with Gasteiger partial charge in [0.25, 0.3) is 10.1 Å². The number of ether oxygens (including phenoxy) is 6. The second-order valence-corrected chi connectivity index (χ2v) is 7.81. The molecule has 14 heteroatoms. The van der Waals surface area contributed by atoms with E-state index in [1.165, 1.54) is 0 Å².